The Morgan fingerprint density at radius 3 is 2.55 bits per heavy atom. The van der Waals surface area contributed by atoms with E-state index in [1.54, 1.807) is 0 Å². The molecular formula is C7H5NO3. The molecule has 0 unspecified atom stereocenters. The molecule has 0 atom stereocenters. The van der Waals surface area contributed by atoms with Crippen molar-refractivity contribution in [3.8, 4) is 0 Å². The number of ketones is 1. The summed E-state index contributed by atoms with van der Waals surface area (Å²) in [7, 11) is 0. The quantitative estimate of drug-likeness (QED) is 0.412. The number of hydrogen-bond donors (Lipinski definition) is 0. The van der Waals surface area contributed by atoms with Crippen molar-refractivity contribution < 1.29 is 9.72 Å². The molecule has 0 saturated carbocycles. The highest BCUT2D eigenvalue weighted by molar-refractivity contribution is 6.04. The van der Waals surface area contributed by atoms with Gasteiger partial charge in [0, 0.05) is 6.08 Å². The van der Waals surface area contributed by atoms with Crippen molar-refractivity contribution >= 4 is 5.78 Å². The first-order chi connectivity index (χ1) is 5.11. The van der Waals surface area contributed by atoms with Crippen LogP contribution in [0.25, 0.3) is 0 Å². The number of carbonyl (C=O) groups is 1. The van der Waals surface area contributed by atoms with Crippen molar-refractivity contribution in [1.82, 2.24) is 0 Å². The number of carbonyl (C=O) groups excluding carboxylic acids is 1. The number of nitro groups is 1. The monoisotopic (exact) mass is 151 g/mol. The molecule has 0 aromatic carbocycles. The summed E-state index contributed by atoms with van der Waals surface area (Å²) in [5.74, 6) is -0.581. The van der Waals surface area contributed by atoms with Crippen LogP contribution in [0.2, 0.25) is 0 Å². The van der Waals surface area contributed by atoms with Gasteiger partial charge in [-0.05, 0) is 11.6 Å². The van der Waals surface area contributed by atoms with E-state index >= 15 is 0 Å². The molecule has 0 aromatic heterocycles. The zero-order chi connectivity index (χ0) is 8.43. The fraction of sp³-hybridized carbons (Fsp3) is 0. The van der Waals surface area contributed by atoms with Crippen LogP contribution in [0.3, 0.4) is 0 Å². The van der Waals surface area contributed by atoms with Crippen LogP contribution in [0.1, 0.15) is 0 Å². The second-order valence-corrected chi connectivity index (χ2v) is 2.06. The second-order valence-electron chi connectivity index (χ2n) is 2.06. The molecule has 0 heterocycles. The molecule has 4 nitrogen and oxygen atoms in total. The van der Waals surface area contributed by atoms with Crippen LogP contribution in [0.15, 0.2) is 36.1 Å². The maximum Gasteiger partial charge on any atom is 0.316 e. The van der Waals surface area contributed by atoms with E-state index in [1.165, 1.54) is 6.08 Å². The van der Waals surface area contributed by atoms with Crippen LogP contribution >= 0.6 is 0 Å². The molecule has 1 aliphatic rings. The van der Waals surface area contributed by atoms with Crippen molar-refractivity contribution in [2.75, 3.05) is 0 Å². The van der Waals surface area contributed by atoms with Gasteiger partial charge in [-0.15, -0.1) is 0 Å². The first kappa shape index (κ1) is 7.40. The molecule has 0 spiro atoms. The van der Waals surface area contributed by atoms with Crippen LogP contribution in [0.5, 0.6) is 0 Å². The third-order valence-electron chi connectivity index (χ3n) is 1.22. The normalized spacial score (nSPS) is 16.5. The molecule has 0 aliphatic heterocycles. The van der Waals surface area contributed by atoms with Gasteiger partial charge in [0.25, 0.3) is 5.78 Å². The fourth-order valence-electron chi connectivity index (χ4n) is 0.706. The van der Waals surface area contributed by atoms with Gasteiger partial charge >= 0.3 is 5.70 Å². The van der Waals surface area contributed by atoms with Gasteiger partial charge in [0.1, 0.15) is 0 Å². The molecule has 4 heteroatoms. The van der Waals surface area contributed by atoms with E-state index in [2.05, 4.69) is 6.58 Å². The van der Waals surface area contributed by atoms with E-state index in [1.807, 2.05) is 0 Å². The van der Waals surface area contributed by atoms with Crippen molar-refractivity contribution in [1.29, 1.82) is 0 Å². The Labute approximate surface area is 62.7 Å². The summed E-state index contributed by atoms with van der Waals surface area (Å²) in [6.45, 7) is 3.46. The summed E-state index contributed by atoms with van der Waals surface area (Å²) in [6, 6.07) is 0. The molecule has 0 saturated heterocycles. The Bertz CT molecular complexity index is 299. The molecule has 0 amide bonds. The molecule has 0 radical (unpaired) electrons. The lowest BCUT2D eigenvalue weighted by Crippen LogP contribution is -2.11. The maximum atomic E-state index is 10.7. The standard InChI is InChI=1S/C7H5NO3/c1-5-2-3-7(9)6(4-5)8(10)11/h2-4H,1H2. The first-order valence-electron chi connectivity index (χ1n) is 2.88. The maximum absolute atomic E-state index is 10.7. The summed E-state index contributed by atoms with van der Waals surface area (Å²) in [6.07, 6.45) is 3.73. The lowest BCUT2D eigenvalue weighted by molar-refractivity contribution is -0.418. The van der Waals surface area contributed by atoms with Crippen LogP contribution in [0, 0.1) is 10.1 Å². The van der Waals surface area contributed by atoms with Crippen molar-refractivity contribution in [3.63, 3.8) is 0 Å². The molecule has 1 rings (SSSR count). The van der Waals surface area contributed by atoms with Crippen LogP contribution in [-0.4, -0.2) is 10.7 Å². The topological polar surface area (TPSA) is 60.2 Å². The third-order valence-corrected chi connectivity index (χ3v) is 1.22. The molecule has 0 N–H and O–H groups in total. The third kappa shape index (κ3) is 1.40. The minimum atomic E-state index is -0.711. The van der Waals surface area contributed by atoms with Crippen molar-refractivity contribution in [3.05, 3.63) is 46.2 Å². The van der Waals surface area contributed by atoms with Crippen LogP contribution in [0.4, 0.5) is 0 Å². The second kappa shape index (κ2) is 2.49. The van der Waals surface area contributed by atoms with E-state index in [9.17, 15) is 14.9 Å². The Morgan fingerprint density at radius 2 is 2.09 bits per heavy atom. The minimum Gasteiger partial charge on any atom is -0.282 e. The van der Waals surface area contributed by atoms with Gasteiger partial charge < -0.3 is 0 Å². The van der Waals surface area contributed by atoms with E-state index in [4.69, 9.17) is 0 Å². The lowest BCUT2D eigenvalue weighted by Gasteiger charge is -1.98. The molecule has 0 fully saturated rings. The van der Waals surface area contributed by atoms with Gasteiger partial charge in [-0.3, -0.25) is 14.9 Å². The average molecular weight is 151 g/mol. The highest BCUT2D eigenvalue weighted by Crippen LogP contribution is 2.10. The molecular weight excluding hydrogens is 146 g/mol. The largest absolute Gasteiger partial charge is 0.316 e. The lowest BCUT2D eigenvalue weighted by atomic mass is 10.1. The number of rotatable bonds is 1. The van der Waals surface area contributed by atoms with Crippen molar-refractivity contribution in [2.45, 2.75) is 0 Å². The minimum absolute atomic E-state index is 0.419. The summed E-state index contributed by atoms with van der Waals surface area (Å²) >= 11 is 0. The molecule has 0 bridgehead atoms. The average Bonchev–Trinajstić information content (AvgIpc) is 1.94. The number of allylic oxidation sites excluding steroid dienone is 4. The summed E-state index contributed by atoms with van der Waals surface area (Å²) in [5.41, 5.74) is 0.0498. The summed E-state index contributed by atoms with van der Waals surface area (Å²) in [5, 5.41) is 10.2. The highest BCUT2D eigenvalue weighted by Gasteiger charge is 2.21. The van der Waals surface area contributed by atoms with Gasteiger partial charge in [-0.1, -0.05) is 12.7 Å². The van der Waals surface area contributed by atoms with Crippen LogP contribution in [-0.2, 0) is 4.79 Å². The van der Waals surface area contributed by atoms with Gasteiger partial charge in [-0.25, -0.2) is 0 Å². The summed E-state index contributed by atoms with van der Waals surface area (Å²) < 4.78 is 0. The van der Waals surface area contributed by atoms with Gasteiger partial charge in [-0.2, -0.15) is 0 Å². The molecule has 0 aromatic rings. The van der Waals surface area contributed by atoms with E-state index < -0.39 is 16.4 Å². The predicted molar refractivity (Wildman–Crippen MR) is 38.4 cm³/mol. The zero-order valence-electron chi connectivity index (χ0n) is 5.61. The Balaban J connectivity index is 3.03. The summed E-state index contributed by atoms with van der Waals surface area (Å²) in [4.78, 5) is 20.2. The molecule has 56 valence electrons. The highest BCUT2D eigenvalue weighted by atomic mass is 16.6. The number of nitrogens with zero attached hydrogens (tertiary/aromatic N) is 1. The predicted octanol–water partition coefficient (Wildman–Crippen LogP) is 0.842. The van der Waals surface area contributed by atoms with Gasteiger partial charge in [0.05, 0.1) is 4.92 Å². The molecule has 1 aliphatic carbocycles. The van der Waals surface area contributed by atoms with E-state index in [0.717, 1.165) is 12.2 Å². The fourth-order valence-corrected chi connectivity index (χ4v) is 0.706. The smallest absolute Gasteiger partial charge is 0.282 e. The number of hydrogen-bond acceptors (Lipinski definition) is 3. The van der Waals surface area contributed by atoms with Crippen LogP contribution < -0.4 is 0 Å². The van der Waals surface area contributed by atoms with E-state index in [0.29, 0.717) is 5.57 Å². The zero-order valence-corrected chi connectivity index (χ0v) is 5.61. The van der Waals surface area contributed by atoms with Crippen molar-refractivity contribution in [2.24, 2.45) is 0 Å². The molecule has 11 heavy (non-hydrogen) atoms. The Morgan fingerprint density at radius 1 is 1.45 bits per heavy atom. The Kier molecular flexibility index (Phi) is 1.68. The first-order valence-corrected chi connectivity index (χ1v) is 2.88. The SMILES string of the molecule is C=C1C=CC(=O)C([N+](=O)[O-])=C1. The van der Waals surface area contributed by atoms with Gasteiger partial charge in [0.2, 0.25) is 0 Å². The Hall–Kier alpha value is -1.71. The van der Waals surface area contributed by atoms with Gasteiger partial charge in [0.15, 0.2) is 0 Å². The van der Waals surface area contributed by atoms with E-state index in [-0.39, 0.29) is 0 Å².